The first-order chi connectivity index (χ1) is 5.19. The Morgan fingerprint density at radius 1 is 1.00 bits per heavy atom. The summed E-state index contributed by atoms with van der Waals surface area (Å²) in [6, 6.07) is 0. The Bertz CT molecular complexity index is 136. The van der Waals surface area contributed by atoms with E-state index in [1.807, 2.05) is 0 Å². The lowest BCUT2D eigenvalue weighted by molar-refractivity contribution is 0.707. The van der Waals surface area contributed by atoms with Crippen molar-refractivity contribution in [3.05, 3.63) is 12.7 Å². The van der Waals surface area contributed by atoms with Gasteiger partial charge in [-0.25, -0.2) is 0 Å². The highest BCUT2D eigenvalue weighted by Gasteiger charge is 2.32. The van der Waals surface area contributed by atoms with E-state index in [2.05, 4.69) is 54.2 Å². The summed E-state index contributed by atoms with van der Waals surface area (Å²) in [5.41, 5.74) is 0. The van der Waals surface area contributed by atoms with E-state index in [1.54, 1.807) is 0 Å². The van der Waals surface area contributed by atoms with Gasteiger partial charge in [0.25, 0.3) is 0 Å². The normalized spacial score (nSPS) is 12.5. The van der Waals surface area contributed by atoms with Gasteiger partial charge in [0.1, 0.15) is 0 Å². The molecule has 0 fully saturated rings. The molecule has 0 N–H and O–H groups in total. The molecule has 0 spiro atoms. The Balaban J connectivity index is 0. The highest BCUT2D eigenvalue weighted by molar-refractivity contribution is 7.61. The van der Waals surface area contributed by atoms with Crippen LogP contribution in [-0.4, -0.2) is 16.5 Å². The fourth-order valence-corrected chi connectivity index (χ4v) is 5.05. The highest BCUT2D eigenvalue weighted by Crippen LogP contribution is 2.58. The Labute approximate surface area is 91.4 Å². The molecule has 0 bridgehead atoms. The van der Waals surface area contributed by atoms with Crippen LogP contribution in [0.4, 0.5) is 0 Å². The second-order valence-corrected chi connectivity index (χ2v) is 9.15. The van der Waals surface area contributed by atoms with Crippen molar-refractivity contribution in [2.75, 3.05) is 6.16 Å². The molecule has 0 saturated heterocycles. The average molecular weight is 223 g/mol. The molecule has 0 radical (unpaired) electrons. The average Bonchev–Trinajstić information content (AvgIpc) is 1.77. The summed E-state index contributed by atoms with van der Waals surface area (Å²) >= 11 is 0. The zero-order valence-electron chi connectivity index (χ0n) is 9.85. The smallest absolute Gasteiger partial charge is 0.0138 e. The molecular formula is C11H24ClP. The molecule has 0 aliphatic carbocycles. The summed E-state index contributed by atoms with van der Waals surface area (Å²) in [6.45, 7) is 17.9. The fraction of sp³-hybridized carbons (Fsp3) is 0.818. The quantitative estimate of drug-likeness (QED) is 0.470. The Kier molecular flexibility index (Phi) is 6.57. The van der Waals surface area contributed by atoms with Crippen LogP contribution in [0.5, 0.6) is 0 Å². The van der Waals surface area contributed by atoms with Gasteiger partial charge in [0.2, 0.25) is 0 Å². The lowest BCUT2D eigenvalue weighted by Gasteiger charge is -2.41. The van der Waals surface area contributed by atoms with Crippen LogP contribution in [-0.2, 0) is 0 Å². The molecular weight excluding hydrogens is 199 g/mol. The van der Waals surface area contributed by atoms with Gasteiger partial charge in [-0.2, -0.15) is 0 Å². The molecule has 0 aromatic rings. The lowest BCUT2D eigenvalue weighted by Crippen LogP contribution is -2.26. The first-order valence-corrected chi connectivity index (χ1v) is 6.11. The van der Waals surface area contributed by atoms with Crippen LogP contribution in [0, 0.1) is 0 Å². The summed E-state index contributed by atoms with van der Waals surface area (Å²) in [5.74, 6) is 0. The number of hydrogen-bond acceptors (Lipinski definition) is 0. The van der Waals surface area contributed by atoms with Crippen LogP contribution in [0.2, 0.25) is 0 Å². The molecule has 0 unspecified atom stereocenters. The monoisotopic (exact) mass is 222 g/mol. The number of allylic oxidation sites excluding steroid dienone is 1. The van der Waals surface area contributed by atoms with Crippen molar-refractivity contribution >= 4 is 20.3 Å². The molecule has 0 nitrogen and oxygen atoms in total. The van der Waals surface area contributed by atoms with Crippen molar-refractivity contribution in [3.63, 3.8) is 0 Å². The minimum atomic E-state index is 0. The van der Waals surface area contributed by atoms with Crippen molar-refractivity contribution in [1.29, 1.82) is 0 Å². The van der Waals surface area contributed by atoms with Crippen LogP contribution >= 0.6 is 20.3 Å². The largest absolute Gasteiger partial charge is 0.147 e. The second kappa shape index (κ2) is 5.37. The zero-order chi connectivity index (χ0) is 9.99. The van der Waals surface area contributed by atoms with Crippen molar-refractivity contribution < 1.29 is 0 Å². The van der Waals surface area contributed by atoms with Crippen molar-refractivity contribution in [2.24, 2.45) is 0 Å². The molecule has 0 saturated carbocycles. The molecule has 13 heavy (non-hydrogen) atoms. The van der Waals surface area contributed by atoms with Crippen LogP contribution < -0.4 is 0 Å². The van der Waals surface area contributed by atoms with Gasteiger partial charge in [0, 0.05) is 0 Å². The van der Waals surface area contributed by atoms with Crippen molar-refractivity contribution in [3.8, 4) is 0 Å². The molecule has 0 amide bonds. The van der Waals surface area contributed by atoms with E-state index in [1.165, 1.54) is 6.16 Å². The first-order valence-electron chi connectivity index (χ1n) is 4.58. The third-order valence-electron chi connectivity index (χ3n) is 1.93. The van der Waals surface area contributed by atoms with E-state index < -0.39 is 0 Å². The van der Waals surface area contributed by atoms with Gasteiger partial charge < -0.3 is 0 Å². The topological polar surface area (TPSA) is 0 Å². The third-order valence-corrected chi connectivity index (χ3v) is 5.79. The van der Waals surface area contributed by atoms with Gasteiger partial charge in [-0.05, 0) is 16.5 Å². The summed E-state index contributed by atoms with van der Waals surface area (Å²) in [4.78, 5) is 0. The van der Waals surface area contributed by atoms with Gasteiger partial charge in [-0.3, -0.25) is 0 Å². The molecule has 80 valence electrons. The molecule has 0 heterocycles. The molecule has 0 aromatic heterocycles. The predicted octanol–water partition coefficient (Wildman–Crippen LogP) is 4.67. The van der Waals surface area contributed by atoms with E-state index >= 15 is 0 Å². The maximum Gasteiger partial charge on any atom is -0.0138 e. The standard InChI is InChI=1S/C11H23P.ClH/c1-8-9-12(10(2,3)4)11(5,6)7;/h8H,1,9H2,2-7H3;1H. The summed E-state index contributed by atoms with van der Waals surface area (Å²) in [5, 5.41) is 0.892. The summed E-state index contributed by atoms with van der Waals surface area (Å²) < 4.78 is 0. The van der Waals surface area contributed by atoms with Crippen LogP contribution in [0.15, 0.2) is 12.7 Å². The minimum Gasteiger partial charge on any atom is -0.147 e. The Morgan fingerprint density at radius 2 is 1.31 bits per heavy atom. The summed E-state index contributed by atoms with van der Waals surface area (Å²) in [7, 11) is 0.0391. The SMILES string of the molecule is C=CCP(C(C)(C)C)C(C)(C)C.Cl. The first kappa shape index (κ1) is 15.9. The molecule has 2 heteroatoms. The number of hydrogen-bond donors (Lipinski definition) is 0. The van der Waals surface area contributed by atoms with E-state index in [4.69, 9.17) is 0 Å². The minimum absolute atomic E-state index is 0. The molecule has 0 rings (SSSR count). The second-order valence-electron chi connectivity index (χ2n) is 5.24. The Hall–Kier alpha value is 0.460. The van der Waals surface area contributed by atoms with Crippen LogP contribution in [0.25, 0.3) is 0 Å². The molecule has 0 aromatic carbocycles. The van der Waals surface area contributed by atoms with Gasteiger partial charge in [0.15, 0.2) is 0 Å². The van der Waals surface area contributed by atoms with Crippen molar-refractivity contribution in [1.82, 2.24) is 0 Å². The van der Waals surface area contributed by atoms with E-state index in [0.717, 1.165) is 0 Å². The number of rotatable bonds is 2. The van der Waals surface area contributed by atoms with Crippen LogP contribution in [0.1, 0.15) is 41.5 Å². The fourth-order valence-electron chi connectivity index (χ4n) is 1.68. The van der Waals surface area contributed by atoms with Gasteiger partial charge in [-0.15, -0.1) is 19.0 Å². The third kappa shape index (κ3) is 5.70. The molecule has 0 atom stereocenters. The maximum atomic E-state index is 3.84. The number of halogens is 1. The Morgan fingerprint density at radius 3 is 1.38 bits per heavy atom. The molecule has 0 aliphatic heterocycles. The predicted molar refractivity (Wildman–Crippen MR) is 68.7 cm³/mol. The van der Waals surface area contributed by atoms with Gasteiger partial charge in [-0.1, -0.05) is 55.5 Å². The zero-order valence-corrected chi connectivity index (χ0v) is 11.6. The van der Waals surface area contributed by atoms with Gasteiger partial charge >= 0.3 is 0 Å². The van der Waals surface area contributed by atoms with Crippen LogP contribution in [0.3, 0.4) is 0 Å². The molecule has 0 aliphatic rings. The van der Waals surface area contributed by atoms with E-state index in [-0.39, 0.29) is 20.3 Å². The lowest BCUT2D eigenvalue weighted by atomic mass is 10.2. The summed E-state index contributed by atoms with van der Waals surface area (Å²) in [6.07, 6.45) is 3.25. The van der Waals surface area contributed by atoms with E-state index in [9.17, 15) is 0 Å². The highest BCUT2D eigenvalue weighted by atomic mass is 35.5. The van der Waals surface area contributed by atoms with E-state index in [0.29, 0.717) is 10.3 Å². The van der Waals surface area contributed by atoms with Crippen molar-refractivity contribution in [2.45, 2.75) is 51.9 Å². The van der Waals surface area contributed by atoms with Gasteiger partial charge in [0.05, 0.1) is 0 Å². The maximum absolute atomic E-state index is 3.84.